The number of guanidine groups is 1. The SMILES string of the molecule is CNCC(=O)N[C@@H](CCCN=C(N)N)C(=O)N[C@H](C(=O)N[C@@H](Cc1ccc(O)c([N+](=O)[O-])c1)C(=O)N[C@H](C(=O)N[C@@H](Cc1cnc[nH]1)C(=O)N1CCC[C@@H]1C(=O)N[C@@H](Cc1ccccc1)C(=O)O)C(C)C)C(C)C. The Labute approximate surface area is 427 Å². The highest BCUT2D eigenvalue weighted by atomic mass is 16.6. The van der Waals surface area contributed by atoms with E-state index in [9.17, 15) is 58.7 Å². The number of amides is 7. The van der Waals surface area contributed by atoms with Crippen molar-refractivity contribution >= 4 is 59.0 Å². The van der Waals surface area contributed by atoms with E-state index >= 15 is 0 Å². The number of phenolic OH excluding ortho intramolecular Hbond substituents is 1. The fourth-order valence-electron chi connectivity index (χ4n) is 8.20. The summed E-state index contributed by atoms with van der Waals surface area (Å²) in [7, 11) is 1.54. The van der Waals surface area contributed by atoms with Crippen molar-refractivity contribution < 1.29 is 53.5 Å². The van der Waals surface area contributed by atoms with Crippen LogP contribution in [-0.4, -0.2) is 152 Å². The average molecular weight is 1030 g/mol. The van der Waals surface area contributed by atoms with Crippen LogP contribution in [0.15, 0.2) is 66.0 Å². The predicted molar refractivity (Wildman–Crippen MR) is 268 cm³/mol. The van der Waals surface area contributed by atoms with E-state index in [0.717, 1.165) is 12.1 Å². The molecule has 3 aromatic rings. The van der Waals surface area contributed by atoms with Crippen LogP contribution in [0.5, 0.6) is 5.75 Å². The van der Waals surface area contributed by atoms with Gasteiger partial charge in [0, 0.05) is 50.3 Å². The van der Waals surface area contributed by atoms with E-state index in [-0.39, 0.29) is 63.3 Å². The van der Waals surface area contributed by atoms with Gasteiger partial charge >= 0.3 is 11.7 Å². The Morgan fingerprint density at radius 1 is 0.811 bits per heavy atom. The summed E-state index contributed by atoms with van der Waals surface area (Å²) < 4.78 is 0. The summed E-state index contributed by atoms with van der Waals surface area (Å²) in [6.07, 6.45) is 3.15. The molecule has 26 heteroatoms. The Hall–Kier alpha value is -8.16. The molecule has 26 nitrogen and oxygen atoms in total. The van der Waals surface area contributed by atoms with E-state index in [1.807, 2.05) is 0 Å². The molecule has 7 atom stereocenters. The van der Waals surface area contributed by atoms with Gasteiger partial charge in [-0.2, -0.15) is 0 Å². The first-order valence-electron chi connectivity index (χ1n) is 24.1. The number of likely N-dealkylation sites (N-methyl/N-ethyl adjacent to an activating group) is 1. The van der Waals surface area contributed by atoms with Gasteiger partial charge in [0.1, 0.15) is 42.3 Å². The molecule has 0 bridgehead atoms. The number of hydrogen-bond donors (Lipinski definition) is 12. The Balaban J connectivity index is 1.61. The van der Waals surface area contributed by atoms with E-state index in [2.05, 4.69) is 52.2 Å². The third kappa shape index (κ3) is 17.6. The van der Waals surface area contributed by atoms with E-state index in [1.54, 1.807) is 58.0 Å². The van der Waals surface area contributed by atoms with E-state index in [4.69, 9.17) is 11.5 Å². The molecule has 0 unspecified atom stereocenters. The molecule has 1 saturated heterocycles. The van der Waals surface area contributed by atoms with Crippen molar-refractivity contribution in [3.8, 4) is 5.75 Å². The highest BCUT2D eigenvalue weighted by molar-refractivity contribution is 5.98. The fraction of sp³-hybridized carbons (Fsp3) is 0.500. The second-order valence-corrected chi connectivity index (χ2v) is 18.5. The number of nitrogens with two attached hydrogens (primary N) is 2. The lowest BCUT2D eigenvalue weighted by atomic mass is 9.98. The lowest BCUT2D eigenvalue weighted by Gasteiger charge is -2.31. The van der Waals surface area contributed by atoms with Crippen LogP contribution < -0.4 is 48.7 Å². The number of aromatic amines is 1. The molecule has 14 N–H and O–H groups in total. The molecular weight excluding hydrogens is 965 g/mol. The molecule has 7 amide bonds. The van der Waals surface area contributed by atoms with Crippen LogP contribution >= 0.6 is 0 Å². The minimum absolute atomic E-state index is 0.0138. The summed E-state index contributed by atoms with van der Waals surface area (Å²) in [6.45, 7) is 6.56. The van der Waals surface area contributed by atoms with Gasteiger partial charge in [-0.05, 0) is 61.8 Å². The number of aromatic nitrogens is 2. The molecule has 2 aromatic carbocycles. The lowest BCUT2D eigenvalue weighted by molar-refractivity contribution is -0.385. The topological polar surface area (TPSA) is 401 Å². The second kappa shape index (κ2) is 28.2. The number of nitro benzene ring substituents is 1. The van der Waals surface area contributed by atoms with Gasteiger partial charge in [-0.15, -0.1) is 0 Å². The Morgan fingerprint density at radius 2 is 1.43 bits per heavy atom. The Bertz CT molecular complexity index is 2470. The first-order valence-corrected chi connectivity index (χ1v) is 24.1. The molecule has 1 aliphatic rings. The van der Waals surface area contributed by atoms with Gasteiger partial charge in [-0.25, -0.2) is 9.78 Å². The highest BCUT2D eigenvalue weighted by Gasteiger charge is 2.41. The van der Waals surface area contributed by atoms with Gasteiger partial charge in [-0.1, -0.05) is 64.1 Å². The van der Waals surface area contributed by atoms with Gasteiger partial charge in [0.05, 0.1) is 17.8 Å². The maximum Gasteiger partial charge on any atom is 0.326 e. The van der Waals surface area contributed by atoms with Crippen LogP contribution in [0, 0.1) is 22.0 Å². The number of phenols is 1. The highest BCUT2D eigenvalue weighted by Crippen LogP contribution is 2.27. The van der Waals surface area contributed by atoms with Gasteiger partial charge in [0.25, 0.3) is 0 Å². The molecular formula is C48H68N14O12. The second-order valence-electron chi connectivity index (χ2n) is 18.5. The van der Waals surface area contributed by atoms with E-state index in [0.29, 0.717) is 17.7 Å². The van der Waals surface area contributed by atoms with Crippen molar-refractivity contribution in [1.29, 1.82) is 0 Å². The number of carboxylic acids is 1. The third-order valence-electron chi connectivity index (χ3n) is 12.1. The van der Waals surface area contributed by atoms with Gasteiger partial charge in [0.15, 0.2) is 11.7 Å². The van der Waals surface area contributed by atoms with E-state index in [1.165, 1.54) is 30.5 Å². The minimum atomic E-state index is -1.59. The number of imidazole rings is 1. The number of rotatable bonds is 28. The number of H-pyrrole nitrogens is 1. The number of aromatic hydroxyl groups is 1. The molecule has 0 spiro atoms. The number of carboxylic acid groups (broad SMARTS) is 1. The van der Waals surface area contributed by atoms with Gasteiger partial charge in [-0.3, -0.25) is 48.7 Å². The van der Waals surface area contributed by atoms with Crippen LogP contribution in [0.2, 0.25) is 0 Å². The molecule has 402 valence electrons. The van der Waals surface area contributed by atoms with Gasteiger partial charge < -0.3 is 68.8 Å². The maximum absolute atomic E-state index is 14.5. The monoisotopic (exact) mass is 1030 g/mol. The van der Waals surface area contributed by atoms with Crippen LogP contribution in [0.1, 0.15) is 70.2 Å². The van der Waals surface area contributed by atoms with Crippen molar-refractivity contribution in [2.24, 2.45) is 28.3 Å². The van der Waals surface area contributed by atoms with Crippen molar-refractivity contribution in [2.45, 2.75) is 115 Å². The van der Waals surface area contributed by atoms with Crippen molar-refractivity contribution in [2.75, 3.05) is 26.7 Å². The first-order chi connectivity index (χ1) is 35.1. The number of nitrogens with zero attached hydrogens (tertiary/aromatic N) is 4. The zero-order chi connectivity index (χ0) is 54.6. The van der Waals surface area contributed by atoms with Crippen molar-refractivity contribution in [3.05, 3.63) is 88.0 Å². The number of nitro groups is 1. The smallest absolute Gasteiger partial charge is 0.326 e. The molecule has 1 fully saturated rings. The predicted octanol–water partition coefficient (Wildman–Crippen LogP) is -1.38. The summed E-state index contributed by atoms with van der Waals surface area (Å²) in [5, 5.41) is 50.5. The van der Waals surface area contributed by atoms with Crippen LogP contribution in [0.3, 0.4) is 0 Å². The number of carbonyl (C=O) groups excluding carboxylic acids is 7. The number of aliphatic imine (C=N–C) groups is 1. The number of likely N-dealkylation sites (tertiary alicyclic amines) is 1. The zero-order valence-electron chi connectivity index (χ0n) is 42.0. The number of aliphatic carboxylic acids is 1. The molecule has 74 heavy (non-hydrogen) atoms. The lowest BCUT2D eigenvalue weighted by Crippen LogP contribution is -2.61. The summed E-state index contributed by atoms with van der Waals surface area (Å²) >= 11 is 0. The Morgan fingerprint density at radius 3 is 2.00 bits per heavy atom. The van der Waals surface area contributed by atoms with Gasteiger partial charge in [0.2, 0.25) is 41.4 Å². The molecule has 0 aliphatic carbocycles. The maximum atomic E-state index is 14.5. The molecule has 2 heterocycles. The third-order valence-corrected chi connectivity index (χ3v) is 12.1. The van der Waals surface area contributed by atoms with Crippen LogP contribution in [0.4, 0.5) is 5.69 Å². The number of carbonyl (C=O) groups is 8. The van der Waals surface area contributed by atoms with Crippen LogP contribution in [-0.2, 0) is 57.6 Å². The largest absolute Gasteiger partial charge is 0.502 e. The van der Waals surface area contributed by atoms with Crippen molar-refractivity contribution in [1.82, 2.24) is 52.1 Å². The molecule has 1 aromatic heterocycles. The molecule has 1 aliphatic heterocycles. The summed E-state index contributed by atoms with van der Waals surface area (Å²) in [5.41, 5.74) is 11.4. The average Bonchev–Trinajstić information content (AvgIpc) is 4.06. The number of hydrogen-bond acceptors (Lipinski definition) is 14. The van der Waals surface area contributed by atoms with Crippen molar-refractivity contribution in [3.63, 3.8) is 0 Å². The minimum Gasteiger partial charge on any atom is -0.502 e. The molecule has 0 radical (unpaired) electrons. The zero-order valence-corrected chi connectivity index (χ0v) is 42.0. The fourth-order valence-corrected chi connectivity index (χ4v) is 8.20. The quantitative estimate of drug-likeness (QED) is 0.0131. The Kier molecular flexibility index (Phi) is 22.2. The summed E-state index contributed by atoms with van der Waals surface area (Å²) in [6, 6.07) is 2.85. The molecule has 4 rings (SSSR count). The normalized spacial score (nSPS) is 15.6. The standard InChI is InChI=1S/C48H68N14O12/c1-26(2)39(59-41(65)31(55-38(64)24-51-5)13-9-17-53-48(49)50)44(68)56-32(20-29-15-16-37(63)36(21-29)62(73)74)42(66)60-40(27(3)4)45(69)57-33(22-30-23-52-25-54-30)46(70)61-18-10-14-35(61)43(67)58-34(47(71)72)19-28-11-7-6-8-12-28/h6-8,11-12,15-16,21,23,25-27,31-35,39-40,51,63H,9-10,13-14,17-20,22,24H2,1-5H3,(H,52,54)(H,55,64)(H,56,68)(H,57,69)(H,58,67)(H,59,65)(H,60,66)(H,71,72)(H4,49,50,53)/t31-,32-,33-,34-,35+,39-,40-/m0/s1. The molecule has 0 saturated carbocycles. The number of benzene rings is 2. The van der Waals surface area contributed by atoms with E-state index < -0.39 is 124 Å². The van der Waals surface area contributed by atoms with Crippen LogP contribution in [0.25, 0.3) is 0 Å². The summed E-state index contributed by atoms with van der Waals surface area (Å²) in [4.78, 5) is 133. The summed E-state index contributed by atoms with van der Waals surface area (Å²) in [5.74, 6) is -8.71. The first kappa shape index (κ1) is 58.4. The number of nitrogens with one attached hydrogen (secondary N) is 8.